The number of rotatable bonds is 5. The van der Waals surface area contributed by atoms with Crippen LogP contribution in [0.1, 0.15) is 25.8 Å². The Balaban J connectivity index is 1.65. The third kappa shape index (κ3) is 3.08. The minimum Gasteiger partial charge on any atom is -0.492 e. The molecule has 5 rings (SSSR count). The van der Waals surface area contributed by atoms with Crippen LogP contribution in [-0.4, -0.2) is 11.2 Å². The van der Waals surface area contributed by atoms with Gasteiger partial charge in [-0.05, 0) is 44.0 Å². The molecule has 0 saturated heterocycles. The maximum atomic E-state index is 6.12. The molecule has 1 aliphatic rings. The van der Waals surface area contributed by atoms with Gasteiger partial charge in [0, 0.05) is 16.8 Å². The molecule has 27 heavy (non-hydrogen) atoms. The molecule has 4 aromatic rings. The van der Waals surface area contributed by atoms with Gasteiger partial charge in [-0.2, -0.15) is 0 Å². The highest BCUT2D eigenvalue weighted by Crippen LogP contribution is 2.39. The molecule has 0 amide bonds. The number of hydrogen-bond donors (Lipinski definition) is 0. The lowest BCUT2D eigenvalue weighted by atomic mass is 10.2. The van der Waals surface area contributed by atoms with Gasteiger partial charge in [-0.3, -0.25) is 0 Å². The van der Waals surface area contributed by atoms with Gasteiger partial charge in [0.15, 0.2) is 10.6 Å². The third-order valence-electron chi connectivity index (χ3n) is 4.71. The molecule has 0 aliphatic heterocycles. The molecule has 1 fully saturated rings. The predicted octanol–water partition coefficient (Wildman–Crippen LogP) is 5.93. The molecule has 2 heterocycles. The molecule has 4 nitrogen and oxygen atoms in total. The highest BCUT2D eigenvalue weighted by molar-refractivity contribution is 7.07. The topological polar surface area (TPSA) is 39.7 Å². The van der Waals surface area contributed by atoms with E-state index < -0.39 is 0 Å². The van der Waals surface area contributed by atoms with E-state index >= 15 is 0 Å². The number of para-hydroxylation sites is 3. The van der Waals surface area contributed by atoms with Gasteiger partial charge in [0.05, 0.1) is 12.3 Å². The summed E-state index contributed by atoms with van der Waals surface area (Å²) in [7, 11) is 0. The van der Waals surface area contributed by atoms with E-state index in [0.29, 0.717) is 12.6 Å². The lowest BCUT2D eigenvalue weighted by molar-refractivity contribution is 0.341. The molecule has 0 N–H and O–H groups in total. The van der Waals surface area contributed by atoms with Crippen molar-refractivity contribution in [1.29, 1.82) is 0 Å². The Hall–Kier alpha value is -2.79. The van der Waals surface area contributed by atoms with E-state index in [1.165, 1.54) is 12.8 Å². The van der Waals surface area contributed by atoms with E-state index in [1.54, 1.807) is 11.3 Å². The number of ether oxygens (including phenoxy) is 1. The third-order valence-corrected chi connectivity index (χ3v) is 5.55. The summed E-state index contributed by atoms with van der Waals surface area (Å²) in [6.07, 6.45) is 2.37. The number of thiazole rings is 1. The molecule has 0 unspecified atom stereocenters. The maximum Gasteiger partial charge on any atom is 0.190 e. The first-order valence-corrected chi connectivity index (χ1v) is 10.2. The maximum absolute atomic E-state index is 6.12. The molecule has 2 aromatic heterocycles. The van der Waals surface area contributed by atoms with Gasteiger partial charge in [-0.25, -0.2) is 4.99 Å². The van der Waals surface area contributed by atoms with Crippen LogP contribution in [0.25, 0.3) is 22.4 Å². The highest BCUT2D eigenvalue weighted by Gasteiger charge is 2.28. The number of hydrogen-bond acceptors (Lipinski definition) is 4. The quantitative estimate of drug-likeness (QED) is 0.433. The summed E-state index contributed by atoms with van der Waals surface area (Å²) in [4.78, 5) is 5.92. The van der Waals surface area contributed by atoms with Gasteiger partial charge < -0.3 is 13.7 Å². The monoisotopic (exact) mass is 376 g/mol. The summed E-state index contributed by atoms with van der Waals surface area (Å²) >= 11 is 1.65. The highest BCUT2D eigenvalue weighted by atomic mass is 32.1. The van der Waals surface area contributed by atoms with Gasteiger partial charge in [-0.1, -0.05) is 30.3 Å². The Morgan fingerprint density at radius 3 is 2.78 bits per heavy atom. The minimum atomic E-state index is 0.498. The van der Waals surface area contributed by atoms with Crippen LogP contribution in [0, 0.1) is 0 Å². The van der Waals surface area contributed by atoms with E-state index in [2.05, 4.69) is 22.1 Å². The fourth-order valence-corrected chi connectivity index (χ4v) is 4.26. The van der Waals surface area contributed by atoms with E-state index in [1.807, 2.05) is 49.4 Å². The second-order valence-electron chi connectivity index (χ2n) is 6.67. The number of furan rings is 1. The van der Waals surface area contributed by atoms with Crippen LogP contribution < -0.4 is 9.54 Å². The number of aromatic nitrogens is 1. The van der Waals surface area contributed by atoms with Crippen LogP contribution in [0.15, 0.2) is 69.4 Å². The summed E-state index contributed by atoms with van der Waals surface area (Å²) in [5.41, 5.74) is 2.89. The average molecular weight is 376 g/mol. The van der Waals surface area contributed by atoms with Gasteiger partial charge >= 0.3 is 0 Å². The zero-order valence-corrected chi connectivity index (χ0v) is 15.9. The van der Waals surface area contributed by atoms with Crippen molar-refractivity contribution in [3.05, 3.63) is 64.8 Å². The fourth-order valence-electron chi connectivity index (χ4n) is 3.31. The van der Waals surface area contributed by atoms with E-state index in [0.717, 1.165) is 38.7 Å². The molecule has 136 valence electrons. The van der Waals surface area contributed by atoms with Crippen molar-refractivity contribution in [1.82, 2.24) is 4.57 Å². The summed E-state index contributed by atoms with van der Waals surface area (Å²) < 4.78 is 14.2. The van der Waals surface area contributed by atoms with Crippen molar-refractivity contribution < 1.29 is 9.15 Å². The molecule has 0 radical (unpaired) electrons. The first-order valence-electron chi connectivity index (χ1n) is 9.29. The standard InChI is InChI=1S/C22H20N2O2S/c1-2-25-20-10-6-4-8-17(20)23-22-24(16-11-12-16)18(14-27-22)21-13-15-7-3-5-9-19(15)26-21/h3-10,13-14,16H,2,11-12H2,1H3. The zero-order valence-electron chi connectivity index (χ0n) is 15.1. The van der Waals surface area contributed by atoms with Gasteiger partial charge in [0.25, 0.3) is 0 Å². The van der Waals surface area contributed by atoms with E-state index in [9.17, 15) is 0 Å². The SMILES string of the molecule is CCOc1ccccc1N=c1scc(-c2cc3ccccc3o2)n1C1CC1. The van der Waals surface area contributed by atoms with Crippen molar-refractivity contribution in [2.75, 3.05) is 6.61 Å². The Morgan fingerprint density at radius 2 is 1.96 bits per heavy atom. The molecule has 1 aliphatic carbocycles. The molecule has 0 bridgehead atoms. The second-order valence-corrected chi connectivity index (χ2v) is 7.50. The van der Waals surface area contributed by atoms with Crippen LogP contribution >= 0.6 is 11.3 Å². The smallest absolute Gasteiger partial charge is 0.190 e. The zero-order chi connectivity index (χ0) is 18.2. The molecule has 1 saturated carbocycles. The first-order chi connectivity index (χ1) is 13.3. The normalized spacial score (nSPS) is 14.8. The summed E-state index contributed by atoms with van der Waals surface area (Å²) in [5.74, 6) is 1.72. The predicted molar refractivity (Wildman–Crippen MR) is 109 cm³/mol. The van der Waals surface area contributed by atoms with E-state index in [-0.39, 0.29) is 0 Å². The summed E-state index contributed by atoms with van der Waals surface area (Å²) in [5, 5.41) is 3.28. The van der Waals surface area contributed by atoms with Crippen LogP contribution in [0.4, 0.5) is 5.69 Å². The molecule has 0 atom stereocenters. The number of fused-ring (bicyclic) bond motifs is 1. The molecule has 0 spiro atoms. The van der Waals surface area contributed by atoms with Gasteiger partial charge in [0.1, 0.15) is 17.0 Å². The summed E-state index contributed by atoms with van der Waals surface area (Å²) in [6, 6.07) is 18.7. The van der Waals surface area contributed by atoms with Crippen molar-refractivity contribution >= 4 is 28.0 Å². The largest absolute Gasteiger partial charge is 0.492 e. The van der Waals surface area contributed by atoms with Crippen LogP contribution in [0.3, 0.4) is 0 Å². The van der Waals surface area contributed by atoms with Crippen LogP contribution in [-0.2, 0) is 0 Å². The number of benzene rings is 2. The lowest BCUT2D eigenvalue weighted by Gasteiger charge is -2.07. The van der Waals surface area contributed by atoms with Crippen molar-refractivity contribution in [2.45, 2.75) is 25.8 Å². The Kier molecular flexibility index (Phi) is 4.09. The van der Waals surface area contributed by atoms with Crippen LogP contribution in [0.2, 0.25) is 0 Å². The van der Waals surface area contributed by atoms with Crippen molar-refractivity contribution in [2.24, 2.45) is 4.99 Å². The summed E-state index contributed by atoms with van der Waals surface area (Å²) in [6.45, 7) is 2.62. The average Bonchev–Trinajstić information content (AvgIpc) is 3.29. The number of nitrogens with zero attached hydrogens (tertiary/aromatic N) is 2. The Morgan fingerprint density at radius 1 is 1.15 bits per heavy atom. The van der Waals surface area contributed by atoms with Crippen LogP contribution in [0.5, 0.6) is 5.75 Å². The van der Waals surface area contributed by atoms with E-state index in [4.69, 9.17) is 14.1 Å². The second kappa shape index (κ2) is 6.74. The van der Waals surface area contributed by atoms with Crippen molar-refractivity contribution in [3.8, 4) is 17.2 Å². The van der Waals surface area contributed by atoms with Gasteiger partial charge in [-0.15, -0.1) is 11.3 Å². The van der Waals surface area contributed by atoms with Gasteiger partial charge in [0.2, 0.25) is 0 Å². The fraction of sp³-hybridized carbons (Fsp3) is 0.227. The Bertz CT molecular complexity index is 1130. The molecular weight excluding hydrogens is 356 g/mol. The minimum absolute atomic E-state index is 0.498. The van der Waals surface area contributed by atoms with Crippen molar-refractivity contribution in [3.63, 3.8) is 0 Å². The Labute approximate surface area is 161 Å². The molecular formula is C22H20N2O2S. The first kappa shape index (κ1) is 16.4. The molecule has 2 aromatic carbocycles. The lowest BCUT2D eigenvalue weighted by Crippen LogP contribution is -2.14. The molecule has 5 heteroatoms.